The third-order valence-corrected chi connectivity index (χ3v) is 5.45. The zero-order chi connectivity index (χ0) is 17.0. The van der Waals surface area contributed by atoms with Gasteiger partial charge in [-0.3, -0.25) is 4.90 Å². The van der Waals surface area contributed by atoms with Gasteiger partial charge in [0.2, 0.25) is 0 Å². The van der Waals surface area contributed by atoms with Crippen molar-refractivity contribution < 1.29 is 19.4 Å². The average Bonchev–Trinajstić information content (AvgIpc) is 3.36. The summed E-state index contributed by atoms with van der Waals surface area (Å²) in [5, 5.41) is 15.1. The Morgan fingerprint density at radius 3 is 2.79 bits per heavy atom. The zero-order valence-corrected chi connectivity index (χ0v) is 14.6. The van der Waals surface area contributed by atoms with Crippen LogP contribution >= 0.6 is 0 Å². The second-order valence-corrected chi connectivity index (χ2v) is 7.40. The first-order valence-corrected chi connectivity index (χ1v) is 9.24. The Morgan fingerprint density at radius 1 is 1.38 bits per heavy atom. The fourth-order valence-corrected chi connectivity index (χ4v) is 3.93. The first-order valence-electron chi connectivity index (χ1n) is 9.24. The summed E-state index contributed by atoms with van der Waals surface area (Å²) >= 11 is 0. The van der Waals surface area contributed by atoms with Crippen molar-refractivity contribution >= 4 is 6.03 Å². The van der Waals surface area contributed by atoms with Gasteiger partial charge in [0, 0.05) is 57.3 Å². The molecule has 2 atom stereocenters. The molecule has 0 aromatic carbocycles. The molecule has 3 fully saturated rings. The van der Waals surface area contributed by atoms with E-state index in [1.54, 1.807) is 0 Å². The van der Waals surface area contributed by atoms with Crippen molar-refractivity contribution in [2.75, 3.05) is 39.5 Å². The molecule has 1 aliphatic carbocycles. The van der Waals surface area contributed by atoms with Crippen molar-refractivity contribution in [3.8, 4) is 0 Å². The fourth-order valence-electron chi connectivity index (χ4n) is 3.93. The van der Waals surface area contributed by atoms with Crippen LogP contribution in [0.4, 0.5) is 4.79 Å². The second kappa shape index (κ2) is 7.99. The highest BCUT2D eigenvalue weighted by molar-refractivity contribution is 5.74. The summed E-state index contributed by atoms with van der Waals surface area (Å²) in [4.78, 5) is 14.8. The SMILES string of the molecule is C[C@@H]1C[C@H](NC(=O)NCC2(OCCO)CCOCC2)CN1C1CC1. The Kier molecular flexibility index (Phi) is 5.97. The number of rotatable bonds is 7. The summed E-state index contributed by atoms with van der Waals surface area (Å²) in [7, 11) is 0. The van der Waals surface area contributed by atoms with Gasteiger partial charge in [-0.2, -0.15) is 0 Å². The number of aliphatic hydroxyl groups excluding tert-OH is 1. The first kappa shape index (κ1) is 17.9. The molecule has 0 aromatic heterocycles. The lowest BCUT2D eigenvalue weighted by atomic mass is 9.94. The number of urea groups is 1. The van der Waals surface area contributed by atoms with Crippen molar-refractivity contribution in [2.24, 2.45) is 0 Å². The largest absolute Gasteiger partial charge is 0.394 e. The molecule has 2 aliphatic heterocycles. The minimum Gasteiger partial charge on any atom is -0.394 e. The van der Waals surface area contributed by atoms with E-state index in [0.29, 0.717) is 32.4 Å². The number of amides is 2. The molecule has 24 heavy (non-hydrogen) atoms. The third-order valence-electron chi connectivity index (χ3n) is 5.45. The Labute approximate surface area is 144 Å². The van der Waals surface area contributed by atoms with E-state index in [0.717, 1.165) is 31.8 Å². The lowest BCUT2D eigenvalue weighted by molar-refractivity contribution is -0.114. The summed E-state index contributed by atoms with van der Waals surface area (Å²) < 4.78 is 11.2. The van der Waals surface area contributed by atoms with Crippen molar-refractivity contribution in [1.29, 1.82) is 0 Å². The van der Waals surface area contributed by atoms with Crippen LogP contribution < -0.4 is 10.6 Å². The number of carbonyl (C=O) groups is 1. The minimum atomic E-state index is -0.415. The van der Waals surface area contributed by atoms with Crippen molar-refractivity contribution in [1.82, 2.24) is 15.5 Å². The van der Waals surface area contributed by atoms with Gasteiger partial charge in [0.1, 0.15) is 0 Å². The van der Waals surface area contributed by atoms with Gasteiger partial charge < -0.3 is 25.2 Å². The number of hydrogen-bond donors (Lipinski definition) is 3. The maximum Gasteiger partial charge on any atom is 0.315 e. The van der Waals surface area contributed by atoms with Crippen LogP contribution in [0.2, 0.25) is 0 Å². The van der Waals surface area contributed by atoms with Gasteiger partial charge in [-0.15, -0.1) is 0 Å². The number of nitrogens with one attached hydrogen (secondary N) is 2. The molecule has 2 saturated heterocycles. The van der Waals surface area contributed by atoms with E-state index in [-0.39, 0.29) is 18.7 Å². The van der Waals surface area contributed by atoms with E-state index in [1.165, 1.54) is 12.8 Å². The van der Waals surface area contributed by atoms with Gasteiger partial charge in [0.25, 0.3) is 0 Å². The van der Waals surface area contributed by atoms with Gasteiger partial charge in [-0.25, -0.2) is 4.79 Å². The molecule has 0 unspecified atom stereocenters. The molecule has 0 bridgehead atoms. The zero-order valence-electron chi connectivity index (χ0n) is 14.6. The molecule has 0 aromatic rings. The maximum atomic E-state index is 12.3. The fraction of sp³-hybridized carbons (Fsp3) is 0.941. The smallest absolute Gasteiger partial charge is 0.315 e. The van der Waals surface area contributed by atoms with Gasteiger partial charge >= 0.3 is 6.03 Å². The van der Waals surface area contributed by atoms with E-state index in [1.807, 2.05) is 0 Å². The Bertz CT molecular complexity index is 424. The highest BCUT2D eigenvalue weighted by Gasteiger charge is 2.39. The quantitative estimate of drug-likeness (QED) is 0.627. The molecule has 138 valence electrons. The van der Waals surface area contributed by atoms with Gasteiger partial charge in [0.15, 0.2) is 0 Å². The van der Waals surface area contributed by atoms with E-state index < -0.39 is 5.60 Å². The standard InChI is InChI=1S/C17H31N3O4/c1-13-10-14(11-20(13)15-2-3-15)19-16(22)18-12-17(24-9-6-21)4-7-23-8-5-17/h13-15,21H,2-12H2,1H3,(H2,18,19,22)/t13-,14+/m1/s1. The maximum absolute atomic E-state index is 12.3. The molecule has 0 radical (unpaired) electrons. The van der Waals surface area contributed by atoms with Gasteiger partial charge in [-0.05, 0) is 26.2 Å². The highest BCUT2D eigenvalue weighted by Crippen LogP contribution is 2.33. The molecule has 3 aliphatic rings. The number of carbonyl (C=O) groups excluding carboxylic acids is 1. The van der Waals surface area contributed by atoms with Crippen LogP contribution in [-0.4, -0.2) is 79.3 Å². The van der Waals surface area contributed by atoms with Crippen LogP contribution in [0.15, 0.2) is 0 Å². The normalized spacial score (nSPS) is 30.2. The molecule has 3 rings (SSSR count). The lowest BCUT2D eigenvalue weighted by Gasteiger charge is -2.37. The molecule has 2 amide bonds. The number of likely N-dealkylation sites (tertiary alicyclic amines) is 1. The van der Waals surface area contributed by atoms with Crippen LogP contribution in [0.1, 0.15) is 39.0 Å². The summed E-state index contributed by atoms with van der Waals surface area (Å²) in [6.45, 7) is 5.20. The number of nitrogens with zero attached hydrogens (tertiary/aromatic N) is 1. The lowest BCUT2D eigenvalue weighted by Crippen LogP contribution is -2.52. The van der Waals surface area contributed by atoms with Crippen molar-refractivity contribution in [3.05, 3.63) is 0 Å². The molecule has 3 N–H and O–H groups in total. The first-order chi connectivity index (χ1) is 11.6. The molecule has 1 saturated carbocycles. The third kappa shape index (κ3) is 4.59. The van der Waals surface area contributed by atoms with E-state index in [2.05, 4.69) is 22.5 Å². The van der Waals surface area contributed by atoms with Gasteiger partial charge in [-0.1, -0.05) is 0 Å². The summed E-state index contributed by atoms with van der Waals surface area (Å²) in [5.74, 6) is 0. The van der Waals surface area contributed by atoms with E-state index >= 15 is 0 Å². The Morgan fingerprint density at radius 2 is 2.12 bits per heavy atom. The number of ether oxygens (including phenoxy) is 2. The van der Waals surface area contributed by atoms with Gasteiger partial charge in [0.05, 0.1) is 18.8 Å². The molecule has 7 heteroatoms. The highest BCUT2D eigenvalue weighted by atomic mass is 16.5. The topological polar surface area (TPSA) is 83.1 Å². The van der Waals surface area contributed by atoms with Crippen LogP contribution in [0.5, 0.6) is 0 Å². The Hall–Kier alpha value is -0.890. The summed E-state index contributed by atoms with van der Waals surface area (Å²) in [6.07, 6.45) is 5.10. The molecular weight excluding hydrogens is 310 g/mol. The monoisotopic (exact) mass is 341 g/mol. The molecular formula is C17H31N3O4. The predicted molar refractivity (Wildman–Crippen MR) is 90.0 cm³/mol. The molecule has 0 spiro atoms. The van der Waals surface area contributed by atoms with E-state index in [4.69, 9.17) is 14.6 Å². The van der Waals surface area contributed by atoms with Crippen molar-refractivity contribution in [2.45, 2.75) is 62.8 Å². The number of hydrogen-bond acceptors (Lipinski definition) is 5. The van der Waals surface area contributed by atoms with Crippen LogP contribution in [0.25, 0.3) is 0 Å². The average molecular weight is 341 g/mol. The minimum absolute atomic E-state index is 0.00817. The Balaban J connectivity index is 1.43. The van der Waals surface area contributed by atoms with Crippen LogP contribution in [0.3, 0.4) is 0 Å². The second-order valence-electron chi connectivity index (χ2n) is 7.40. The molecule has 7 nitrogen and oxygen atoms in total. The summed E-state index contributed by atoms with van der Waals surface area (Å²) in [5.41, 5.74) is -0.415. The summed E-state index contributed by atoms with van der Waals surface area (Å²) in [6, 6.07) is 1.40. The van der Waals surface area contributed by atoms with E-state index in [9.17, 15) is 4.79 Å². The van der Waals surface area contributed by atoms with Crippen LogP contribution in [0, 0.1) is 0 Å². The molecule has 2 heterocycles. The number of aliphatic hydroxyl groups is 1. The predicted octanol–water partition coefficient (Wildman–Crippen LogP) is 0.469. The van der Waals surface area contributed by atoms with Crippen molar-refractivity contribution in [3.63, 3.8) is 0 Å². The van der Waals surface area contributed by atoms with Crippen LogP contribution in [-0.2, 0) is 9.47 Å².